The van der Waals surface area contributed by atoms with E-state index in [4.69, 9.17) is 4.74 Å². The molecule has 0 atom stereocenters. The molecule has 0 saturated carbocycles. The number of likely N-dealkylation sites (N-methyl/N-ethyl adjacent to an activating group) is 1. The Kier molecular flexibility index (Phi) is 4.89. The molecule has 0 unspecified atom stereocenters. The molecule has 2 saturated heterocycles. The Morgan fingerprint density at radius 3 is 2.50 bits per heavy atom. The topological polar surface area (TPSA) is 56.3 Å². The molecule has 3 amide bonds. The molecule has 2 fully saturated rings. The van der Waals surface area contributed by atoms with Crippen molar-refractivity contribution in [3.63, 3.8) is 0 Å². The molecule has 0 bridgehead atoms. The number of rotatable bonds is 4. The summed E-state index contributed by atoms with van der Waals surface area (Å²) < 4.78 is 5.34. The van der Waals surface area contributed by atoms with Crippen LogP contribution in [0.3, 0.4) is 0 Å². The number of amides is 3. The molecule has 0 radical (unpaired) electrons. The van der Waals surface area contributed by atoms with Crippen LogP contribution in [0.1, 0.15) is 0 Å². The van der Waals surface area contributed by atoms with E-state index in [2.05, 4.69) is 11.9 Å². The molecular formula is C17H24N4O3. The zero-order chi connectivity index (χ0) is 17.1. The molecule has 0 aromatic heterocycles. The van der Waals surface area contributed by atoms with Gasteiger partial charge in [0.15, 0.2) is 0 Å². The van der Waals surface area contributed by atoms with E-state index >= 15 is 0 Å². The molecule has 1 aromatic carbocycles. The molecule has 24 heavy (non-hydrogen) atoms. The lowest BCUT2D eigenvalue weighted by molar-refractivity contribution is -0.133. The number of anilines is 1. The summed E-state index contributed by atoms with van der Waals surface area (Å²) in [7, 11) is 3.64. The maximum absolute atomic E-state index is 12.7. The van der Waals surface area contributed by atoms with Gasteiger partial charge < -0.3 is 19.4 Å². The smallest absolute Gasteiger partial charge is 0.325 e. The summed E-state index contributed by atoms with van der Waals surface area (Å²) in [6, 6.07) is 7.31. The van der Waals surface area contributed by atoms with Gasteiger partial charge in [-0.15, -0.1) is 0 Å². The van der Waals surface area contributed by atoms with E-state index in [0.29, 0.717) is 18.8 Å². The van der Waals surface area contributed by atoms with Gasteiger partial charge in [-0.1, -0.05) is 12.1 Å². The second-order valence-corrected chi connectivity index (χ2v) is 6.21. The van der Waals surface area contributed by atoms with E-state index in [1.807, 2.05) is 29.2 Å². The first kappa shape index (κ1) is 16.6. The number of ether oxygens (including phenoxy) is 1. The lowest BCUT2D eigenvalue weighted by Gasteiger charge is -2.33. The molecule has 2 aliphatic rings. The molecule has 2 aliphatic heterocycles. The molecule has 0 N–H and O–H groups in total. The largest absolute Gasteiger partial charge is 0.495 e. The predicted molar refractivity (Wildman–Crippen MR) is 91.4 cm³/mol. The van der Waals surface area contributed by atoms with Gasteiger partial charge >= 0.3 is 6.03 Å². The number of carbonyl (C=O) groups is 2. The van der Waals surface area contributed by atoms with Gasteiger partial charge in [-0.25, -0.2) is 4.79 Å². The summed E-state index contributed by atoms with van der Waals surface area (Å²) in [4.78, 5) is 32.4. The van der Waals surface area contributed by atoms with Crippen molar-refractivity contribution in [2.45, 2.75) is 0 Å². The van der Waals surface area contributed by atoms with Gasteiger partial charge in [-0.3, -0.25) is 9.69 Å². The Labute approximate surface area is 142 Å². The van der Waals surface area contributed by atoms with E-state index in [1.54, 1.807) is 16.9 Å². The van der Waals surface area contributed by atoms with Gasteiger partial charge in [-0.2, -0.15) is 0 Å². The second kappa shape index (κ2) is 7.09. The van der Waals surface area contributed by atoms with Crippen LogP contribution < -0.4 is 9.64 Å². The highest BCUT2D eigenvalue weighted by atomic mass is 16.5. The summed E-state index contributed by atoms with van der Waals surface area (Å²) in [5.74, 6) is 0.691. The van der Waals surface area contributed by atoms with Crippen molar-refractivity contribution in [2.24, 2.45) is 0 Å². The van der Waals surface area contributed by atoms with Crippen LogP contribution >= 0.6 is 0 Å². The number of piperazine rings is 1. The molecule has 2 heterocycles. The van der Waals surface area contributed by atoms with Crippen LogP contribution in [0.5, 0.6) is 5.75 Å². The molecule has 0 aliphatic carbocycles. The van der Waals surface area contributed by atoms with Crippen molar-refractivity contribution in [1.29, 1.82) is 0 Å². The van der Waals surface area contributed by atoms with Crippen molar-refractivity contribution >= 4 is 17.6 Å². The fourth-order valence-electron chi connectivity index (χ4n) is 3.12. The number of para-hydroxylation sites is 2. The third-order valence-corrected chi connectivity index (χ3v) is 4.65. The second-order valence-electron chi connectivity index (χ2n) is 6.21. The van der Waals surface area contributed by atoms with Crippen LogP contribution in [0, 0.1) is 0 Å². The normalized spacial score (nSPS) is 19.1. The van der Waals surface area contributed by atoms with Crippen molar-refractivity contribution in [1.82, 2.24) is 14.7 Å². The quantitative estimate of drug-likeness (QED) is 0.815. The molecule has 7 heteroatoms. The van der Waals surface area contributed by atoms with E-state index in [0.717, 1.165) is 31.9 Å². The minimum atomic E-state index is -0.137. The van der Waals surface area contributed by atoms with Gasteiger partial charge in [0.05, 0.1) is 12.8 Å². The number of nitrogens with zero attached hydrogens (tertiary/aromatic N) is 4. The highest BCUT2D eigenvalue weighted by molar-refractivity contribution is 5.97. The van der Waals surface area contributed by atoms with Crippen LogP contribution in [0.25, 0.3) is 0 Å². The lowest BCUT2D eigenvalue weighted by Crippen LogP contribution is -2.50. The number of urea groups is 1. The van der Waals surface area contributed by atoms with Gasteiger partial charge in [0.2, 0.25) is 5.91 Å². The monoisotopic (exact) mass is 332 g/mol. The highest BCUT2D eigenvalue weighted by Crippen LogP contribution is 2.30. The van der Waals surface area contributed by atoms with Crippen LogP contribution in [0.2, 0.25) is 0 Å². The molecule has 130 valence electrons. The lowest BCUT2D eigenvalue weighted by atomic mass is 10.2. The van der Waals surface area contributed by atoms with E-state index in [1.165, 1.54) is 0 Å². The van der Waals surface area contributed by atoms with Gasteiger partial charge in [0, 0.05) is 39.3 Å². The average molecular weight is 332 g/mol. The number of methoxy groups -OCH3 is 1. The van der Waals surface area contributed by atoms with Gasteiger partial charge in [-0.05, 0) is 19.2 Å². The Morgan fingerprint density at radius 2 is 1.79 bits per heavy atom. The molecule has 1 aromatic rings. The third-order valence-electron chi connectivity index (χ3n) is 4.65. The number of hydrogen-bond acceptors (Lipinski definition) is 4. The Hall–Kier alpha value is -2.28. The van der Waals surface area contributed by atoms with Gasteiger partial charge in [0.1, 0.15) is 12.3 Å². The van der Waals surface area contributed by atoms with Crippen LogP contribution in [-0.4, -0.2) is 86.6 Å². The van der Waals surface area contributed by atoms with Crippen molar-refractivity contribution in [2.75, 3.05) is 64.9 Å². The number of carbonyl (C=O) groups excluding carboxylic acids is 2. The molecule has 3 rings (SSSR count). The Morgan fingerprint density at radius 1 is 1.08 bits per heavy atom. The first-order valence-corrected chi connectivity index (χ1v) is 8.26. The minimum Gasteiger partial charge on any atom is -0.495 e. The van der Waals surface area contributed by atoms with Crippen molar-refractivity contribution in [3.05, 3.63) is 24.3 Å². The summed E-state index contributed by atoms with van der Waals surface area (Å²) in [5.41, 5.74) is 0.750. The zero-order valence-corrected chi connectivity index (χ0v) is 14.3. The minimum absolute atomic E-state index is 0.0262. The predicted octanol–water partition coefficient (Wildman–Crippen LogP) is 0.711. The molecule has 7 nitrogen and oxygen atoms in total. The van der Waals surface area contributed by atoms with Crippen LogP contribution in [0.15, 0.2) is 24.3 Å². The van der Waals surface area contributed by atoms with E-state index < -0.39 is 0 Å². The summed E-state index contributed by atoms with van der Waals surface area (Å²) in [6.45, 7) is 4.49. The zero-order valence-electron chi connectivity index (χ0n) is 14.3. The Balaban J connectivity index is 1.63. The first-order valence-electron chi connectivity index (χ1n) is 8.26. The van der Waals surface area contributed by atoms with Crippen LogP contribution in [0.4, 0.5) is 10.5 Å². The van der Waals surface area contributed by atoms with Crippen LogP contribution in [-0.2, 0) is 4.79 Å². The number of hydrogen-bond donors (Lipinski definition) is 0. The summed E-state index contributed by atoms with van der Waals surface area (Å²) in [5, 5.41) is 0. The first-order chi connectivity index (χ1) is 11.6. The maximum Gasteiger partial charge on any atom is 0.325 e. The maximum atomic E-state index is 12.7. The summed E-state index contributed by atoms with van der Waals surface area (Å²) in [6.07, 6.45) is 0. The number of benzene rings is 1. The van der Waals surface area contributed by atoms with Gasteiger partial charge in [0.25, 0.3) is 0 Å². The molecular weight excluding hydrogens is 308 g/mol. The van der Waals surface area contributed by atoms with Crippen molar-refractivity contribution < 1.29 is 14.3 Å². The van der Waals surface area contributed by atoms with E-state index in [9.17, 15) is 9.59 Å². The summed E-state index contributed by atoms with van der Waals surface area (Å²) >= 11 is 0. The average Bonchev–Trinajstić information content (AvgIpc) is 2.96. The Bertz CT molecular complexity index is 614. The third kappa shape index (κ3) is 3.31. The fourth-order valence-corrected chi connectivity index (χ4v) is 3.12. The molecule has 0 spiro atoms. The highest BCUT2D eigenvalue weighted by Gasteiger charge is 2.33. The van der Waals surface area contributed by atoms with Crippen molar-refractivity contribution in [3.8, 4) is 5.75 Å². The van der Waals surface area contributed by atoms with E-state index in [-0.39, 0.29) is 18.5 Å². The standard InChI is InChI=1S/C17H24N4O3/c1-18-7-9-19(10-8-18)16(22)13-20-11-12-21(17(20)23)14-5-3-4-6-15(14)24-2/h3-6H,7-13H2,1-2H3. The fraction of sp³-hybridized carbons (Fsp3) is 0.529. The SMILES string of the molecule is COc1ccccc1N1CCN(CC(=O)N2CCN(C)CC2)C1=O.